The molecule has 2 saturated heterocycles. The zero-order valence-corrected chi connectivity index (χ0v) is 22.5. The summed E-state index contributed by atoms with van der Waals surface area (Å²) in [4.78, 5) is 51.1. The summed E-state index contributed by atoms with van der Waals surface area (Å²) in [5, 5.41) is 3.21. The molecule has 1 N–H and O–H groups in total. The van der Waals surface area contributed by atoms with Crippen LogP contribution in [0.4, 0.5) is 5.82 Å². The van der Waals surface area contributed by atoms with Gasteiger partial charge in [0.15, 0.2) is 5.76 Å². The number of thioether (sulfide) groups is 1. The van der Waals surface area contributed by atoms with E-state index in [4.69, 9.17) is 4.42 Å². The third kappa shape index (κ3) is 5.43. The van der Waals surface area contributed by atoms with Crippen LogP contribution in [0, 0.1) is 5.41 Å². The van der Waals surface area contributed by atoms with Gasteiger partial charge >= 0.3 is 0 Å². The highest BCUT2D eigenvalue weighted by atomic mass is 32.2. The first-order chi connectivity index (χ1) is 19.0. The molecule has 4 aliphatic rings. The zero-order valence-electron chi connectivity index (χ0n) is 21.7. The molecule has 2 fully saturated rings. The van der Waals surface area contributed by atoms with Gasteiger partial charge in [-0.2, -0.15) is 0 Å². The molecule has 0 aliphatic carbocycles. The number of furan rings is 1. The van der Waals surface area contributed by atoms with Gasteiger partial charge in [0.1, 0.15) is 11.2 Å². The summed E-state index contributed by atoms with van der Waals surface area (Å²) in [7, 11) is 0. The fourth-order valence-electron chi connectivity index (χ4n) is 5.73. The summed E-state index contributed by atoms with van der Waals surface area (Å²) in [6.07, 6.45) is 14.3. The predicted octanol–water partition coefficient (Wildman–Crippen LogP) is 3.80. The van der Waals surface area contributed by atoms with Gasteiger partial charge in [0.25, 0.3) is 5.91 Å². The third-order valence-electron chi connectivity index (χ3n) is 8.08. The highest BCUT2D eigenvalue weighted by molar-refractivity contribution is 8.00. The molecule has 1 atom stereocenters. The average Bonchev–Trinajstić information content (AvgIpc) is 3.68. The smallest absolute Gasteiger partial charge is 0.289 e. The number of pyridine rings is 1. The third-order valence-corrected chi connectivity index (χ3v) is 9.02. The number of likely N-dealkylation sites (tertiary alicyclic amines) is 2. The van der Waals surface area contributed by atoms with Crippen molar-refractivity contribution < 1.29 is 18.8 Å². The molecular formula is C29H31N5O4S. The van der Waals surface area contributed by atoms with Crippen LogP contribution in [0.25, 0.3) is 6.08 Å². The summed E-state index contributed by atoms with van der Waals surface area (Å²) in [6, 6.07) is 5.36. The Morgan fingerprint density at radius 3 is 2.69 bits per heavy atom. The molecular weight excluding hydrogens is 514 g/mol. The van der Waals surface area contributed by atoms with Crippen molar-refractivity contribution in [1.29, 1.82) is 0 Å². The number of aromatic nitrogens is 1. The Bertz CT molecular complexity index is 1350. The number of hydrogen-bond donors (Lipinski definition) is 1. The second-order valence-corrected chi connectivity index (χ2v) is 11.6. The van der Waals surface area contributed by atoms with E-state index in [2.05, 4.69) is 21.4 Å². The van der Waals surface area contributed by atoms with E-state index >= 15 is 0 Å². The number of carbonyl (C=O) groups is 3. The van der Waals surface area contributed by atoms with Gasteiger partial charge in [-0.25, -0.2) is 4.98 Å². The van der Waals surface area contributed by atoms with Crippen molar-refractivity contribution in [3.63, 3.8) is 0 Å². The molecule has 39 heavy (non-hydrogen) atoms. The number of piperidine rings is 2. The van der Waals surface area contributed by atoms with Crippen molar-refractivity contribution in [1.82, 2.24) is 14.8 Å². The molecule has 0 bridgehead atoms. The van der Waals surface area contributed by atoms with Crippen LogP contribution < -0.4 is 5.32 Å². The van der Waals surface area contributed by atoms with Gasteiger partial charge in [-0.1, -0.05) is 11.6 Å². The second kappa shape index (κ2) is 10.8. The molecule has 3 amide bonds. The Hall–Kier alpha value is -3.66. The van der Waals surface area contributed by atoms with Gasteiger partial charge < -0.3 is 19.5 Å². The lowest BCUT2D eigenvalue weighted by Gasteiger charge is -2.42. The SMILES string of the molecule is O=C(C=Cc1cnc2c(c1)CC1(CCN(C(=O)c3ccco3)CC1)C(=O)N2)N1CCC(=CC2N=CCS2)CC1. The topological polar surface area (TPSA) is 108 Å². The Morgan fingerprint density at radius 2 is 1.97 bits per heavy atom. The molecule has 10 heteroatoms. The minimum absolute atomic E-state index is 0.00148. The van der Waals surface area contributed by atoms with Crippen LogP contribution in [0.3, 0.4) is 0 Å². The van der Waals surface area contributed by atoms with Gasteiger partial charge in [0, 0.05) is 50.4 Å². The Kier molecular flexibility index (Phi) is 7.12. The van der Waals surface area contributed by atoms with Crippen molar-refractivity contribution in [2.45, 2.75) is 37.5 Å². The minimum atomic E-state index is -0.575. The molecule has 0 aromatic carbocycles. The van der Waals surface area contributed by atoms with E-state index < -0.39 is 5.41 Å². The first kappa shape index (κ1) is 25.6. The highest BCUT2D eigenvalue weighted by Crippen LogP contribution is 2.41. The number of hydrogen-bond acceptors (Lipinski definition) is 7. The quantitative estimate of drug-likeness (QED) is 0.463. The average molecular weight is 546 g/mol. The van der Waals surface area contributed by atoms with E-state index in [1.165, 1.54) is 11.8 Å². The van der Waals surface area contributed by atoms with E-state index in [0.717, 1.165) is 29.7 Å². The van der Waals surface area contributed by atoms with E-state index in [-0.39, 0.29) is 23.1 Å². The van der Waals surface area contributed by atoms with Crippen LogP contribution in [-0.2, 0) is 16.0 Å². The highest BCUT2D eigenvalue weighted by Gasteiger charge is 2.45. The first-order valence-corrected chi connectivity index (χ1v) is 14.5. The lowest BCUT2D eigenvalue weighted by molar-refractivity contribution is -0.128. The van der Waals surface area contributed by atoms with E-state index in [1.54, 1.807) is 35.4 Å². The number of aliphatic imine (C=N–C) groups is 1. The number of anilines is 1. The number of fused-ring (bicyclic) bond motifs is 1. The number of amides is 3. The van der Waals surface area contributed by atoms with E-state index in [9.17, 15) is 14.4 Å². The maximum Gasteiger partial charge on any atom is 0.289 e. The predicted molar refractivity (Wildman–Crippen MR) is 151 cm³/mol. The fourth-order valence-corrected chi connectivity index (χ4v) is 6.56. The largest absolute Gasteiger partial charge is 0.459 e. The van der Waals surface area contributed by atoms with Gasteiger partial charge in [0.05, 0.1) is 11.7 Å². The standard InChI is InChI=1S/C29H31N5O4S/c35-25(33-10-5-20(6-11-33)17-24-30-9-15-39-24)4-3-21-16-22-18-29(28(37)32-26(22)31-19-21)7-12-34(13-8-29)27(36)23-2-1-14-38-23/h1-4,9,14,16-17,19,24H,5-8,10-13,15,18H2,(H,31,32,37). The van der Waals surface area contributed by atoms with Crippen LogP contribution in [0.1, 0.15) is 47.4 Å². The summed E-state index contributed by atoms with van der Waals surface area (Å²) < 4.78 is 5.25. The Morgan fingerprint density at radius 1 is 1.15 bits per heavy atom. The van der Waals surface area contributed by atoms with Crippen molar-refractivity contribution in [3.8, 4) is 0 Å². The Balaban J connectivity index is 1.07. The lowest BCUT2D eigenvalue weighted by atomic mass is 9.71. The molecule has 6 heterocycles. The molecule has 1 spiro atoms. The number of rotatable bonds is 4. The maximum absolute atomic E-state index is 13.1. The van der Waals surface area contributed by atoms with Crippen molar-refractivity contribution in [2.24, 2.45) is 10.4 Å². The van der Waals surface area contributed by atoms with E-state index in [1.807, 2.05) is 28.9 Å². The Labute approximate surface area is 231 Å². The summed E-state index contributed by atoms with van der Waals surface area (Å²) >= 11 is 1.83. The van der Waals surface area contributed by atoms with Crippen LogP contribution in [0.15, 0.2) is 57.8 Å². The van der Waals surface area contributed by atoms with Crippen LogP contribution in [0.2, 0.25) is 0 Å². The van der Waals surface area contributed by atoms with Gasteiger partial charge in [-0.3, -0.25) is 19.4 Å². The van der Waals surface area contributed by atoms with Gasteiger partial charge in [0.2, 0.25) is 11.8 Å². The van der Waals surface area contributed by atoms with Gasteiger partial charge in [-0.05, 0) is 67.5 Å². The fraction of sp³-hybridized carbons (Fsp3) is 0.414. The van der Waals surface area contributed by atoms with Crippen LogP contribution >= 0.6 is 11.8 Å². The molecule has 0 saturated carbocycles. The van der Waals surface area contributed by atoms with Crippen molar-refractivity contribution in [2.75, 3.05) is 37.2 Å². The second-order valence-electron chi connectivity index (χ2n) is 10.5. The summed E-state index contributed by atoms with van der Waals surface area (Å²) in [5.41, 5.74) is 2.59. The molecule has 202 valence electrons. The molecule has 4 aliphatic heterocycles. The zero-order chi connectivity index (χ0) is 26.8. The number of nitrogens with one attached hydrogen (secondary N) is 1. The molecule has 2 aromatic heterocycles. The van der Waals surface area contributed by atoms with Crippen LogP contribution in [-0.4, -0.2) is 76.0 Å². The number of nitrogens with zero attached hydrogens (tertiary/aromatic N) is 4. The summed E-state index contributed by atoms with van der Waals surface area (Å²) in [5.74, 6) is 1.68. The minimum Gasteiger partial charge on any atom is -0.459 e. The van der Waals surface area contributed by atoms with Gasteiger partial charge in [-0.15, -0.1) is 11.8 Å². The summed E-state index contributed by atoms with van der Waals surface area (Å²) in [6.45, 7) is 2.41. The molecule has 6 rings (SSSR count). The molecule has 2 aromatic rings. The number of carbonyl (C=O) groups excluding carboxylic acids is 3. The normalized spacial score (nSPS) is 22.3. The van der Waals surface area contributed by atoms with Crippen LogP contribution in [0.5, 0.6) is 0 Å². The molecule has 0 radical (unpaired) electrons. The van der Waals surface area contributed by atoms with Crippen molar-refractivity contribution in [3.05, 3.63) is 65.3 Å². The first-order valence-electron chi connectivity index (χ1n) is 13.4. The lowest BCUT2D eigenvalue weighted by Crippen LogP contribution is -2.51. The monoisotopic (exact) mass is 545 g/mol. The molecule has 1 unspecified atom stereocenters. The molecule has 9 nitrogen and oxygen atoms in total. The van der Waals surface area contributed by atoms with E-state index in [0.29, 0.717) is 57.0 Å². The maximum atomic E-state index is 13.1. The van der Waals surface area contributed by atoms with Crippen molar-refractivity contribution >= 4 is 47.6 Å².